The second kappa shape index (κ2) is 3.99. The number of aliphatic carboxylic acids is 1. The Morgan fingerprint density at radius 1 is 1.44 bits per heavy atom. The van der Waals surface area contributed by atoms with Gasteiger partial charge in [-0.2, -0.15) is 13.2 Å². The van der Waals surface area contributed by atoms with Gasteiger partial charge in [0.15, 0.2) is 0 Å². The van der Waals surface area contributed by atoms with E-state index in [1.54, 1.807) is 0 Å². The molecule has 1 aliphatic rings. The predicted octanol–water partition coefficient (Wildman–Crippen LogP) is -1.04. The van der Waals surface area contributed by atoms with Crippen molar-refractivity contribution in [3.63, 3.8) is 0 Å². The average molecular weight is 240 g/mol. The molecule has 1 unspecified atom stereocenters. The monoisotopic (exact) mass is 240 g/mol. The standard InChI is InChI=1S/C7H7F3N2O4/c8-7(9,10)6(16)12-2-1-11-4(13)3(12)5(14)15/h3H,1-2H2,(H,11,13)(H,14,15). The van der Waals surface area contributed by atoms with Gasteiger partial charge in [0.1, 0.15) is 0 Å². The van der Waals surface area contributed by atoms with Crippen LogP contribution in [0.25, 0.3) is 0 Å². The molecule has 0 aromatic heterocycles. The molecular formula is C7H7F3N2O4. The number of carboxylic acids is 1. The molecule has 1 heterocycles. The number of carbonyl (C=O) groups excluding carboxylic acids is 2. The number of nitrogens with zero attached hydrogens (tertiary/aromatic N) is 1. The molecule has 90 valence electrons. The summed E-state index contributed by atoms with van der Waals surface area (Å²) in [5.41, 5.74) is 0. The van der Waals surface area contributed by atoms with Gasteiger partial charge in [0.05, 0.1) is 0 Å². The van der Waals surface area contributed by atoms with Crippen molar-refractivity contribution in [2.75, 3.05) is 13.1 Å². The van der Waals surface area contributed by atoms with Crippen LogP contribution in [0.2, 0.25) is 0 Å². The first-order valence-electron chi connectivity index (χ1n) is 4.13. The van der Waals surface area contributed by atoms with Crippen molar-refractivity contribution >= 4 is 17.8 Å². The van der Waals surface area contributed by atoms with Crippen LogP contribution in [0.1, 0.15) is 0 Å². The van der Waals surface area contributed by atoms with Gasteiger partial charge in [-0.3, -0.25) is 9.59 Å². The van der Waals surface area contributed by atoms with Crippen LogP contribution in [0.4, 0.5) is 13.2 Å². The third-order valence-corrected chi connectivity index (χ3v) is 1.95. The van der Waals surface area contributed by atoms with Crippen LogP contribution in [0.15, 0.2) is 0 Å². The molecule has 1 rings (SSSR count). The zero-order valence-corrected chi connectivity index (χ0v) is 7.74. The second-order valence-corrected chi connectivity index (χ2v) is 3.03. The molecule has 2 N–H and O–H groups in total. The SMILES string of the molecule is O=C(O)C1C(=O)NCCN1C(=O)C(F)(F)F. The summed E-state index contributed by atoms with van der Waals surface area (Å²) in [5.74, 6) is -5.25. The van der Waals surface area contributed by atoms with Crippen molar-refractivity contribution in [3.8, 4) is 0 Å². The van der Waals surface area contributed by atoms with Crippen molar-refractivity contribution < 1.29 is 32.7 Å². The Labute approximate surface area is 87.0 Å². The number of carboxylic acid groups (broad SMARTS) is 1. The van der Waals surface area contributed by atoms with E-state index < -0.39 is 36.5 Å². The van der Waals surface area contributed by atoms with Gasteiger partial charge in [0.2, 0.25) is 6.04 Å². The first kappa shape index (κ1) is 12.3. The molecule has 9 heteroatoms. The molecule has 0 aliphatic carbocycles. The van der Waals surface area contributed by atoms with Gasteiger partial charge in [0, 0.05) is 13.1 Å². The molecule has 6 nitrogen and oxygen atoms in total. The van der Waals surface area contributed by atoms with Gasteiger partial charge in [-0.1, -0.05) is 0 Å². The Morgan fingerprint density at radius 2 is 2.00 bits per heavy atom. The van der Waals surface area contributed by atoms with Crippen LogP contribution < -0.4 is 5.32 Å². The van der Waals surface area contributed by atoms with E-state index in [2.05, 4.69) is 5.32 Å². The number of hydrogen-bond acceptors (Lipinski definition) is 3. The smallest absolute Gasteiger partial charge is 0.471 e. The normalized spacial score (nSPS) is 21.6. The zero-order chi connectivity index (χ0) is 12.5. The Morgan fingerprint density at radius 3 is 2.44 bits per heavy atom. The number of rotatable bonds is 1. The summed E-state index contributed by atoms with van der Waals surface area (Å²) in [6, 6.07) is -2.12. The van der Waals surface area contributed by atoms with Crippen molar-refractivity contribution in [3.05, 3.63) is 0 Å². The summed E-state index contributed by atoms with van der Waals surface area (Å²) in [6.07, 6.45) is -5.19. The molecule has 1 atom stereocenters. The Bertz CT molecular complexity index is 341. The van der Waals surface area contributed by atoms with Crippen LogP contribution in [0, 0.1) is 0 Å². The lowest BCUT2D eigenvalue weighted by molar-refractivity contribution is -0.191. The summed E-state index contributed by atoms with van der Waals surface area (Å²) in [4.78, 5) is 32.4. The van der Waals surface area contributed by atoms with Crippen LogP contribution in [-0.4, -0.2) is 53.1 Å². The third-order valence-electron chi connectivity index (χ3n) is 1.95. The lowest BCUT2D eigenvalue weighted by Gasteiger charge is -2.32. The summed E-state index contributed by atoms with van der Waals surface area (Å²) in [7, 11) is 0. The van der Waals surface area contributed by atoms with Gasteiger partial charge in [-0.15, -0.1) is 0 Å². The van der Waals surface area contributed by atoms with E-state index >= 15 is 0 Å². The Hall–Kier alpha value is -1.80. The third kappa shape index (κ3) is 2.23. The molecule has 1 aliphatic heterocycles. The van der Waals surface area contributed by atoms with E-state index in [9.17, 15) is 27.6 Å². The molecule has 0 spiro atoms. The first-order chi connectivity index (χ1) is 7.25. The molecule has 0 aromatic carbocycles. The second-order valence-electron chi connectivity index (χ2n) is 3.03. The number of nitrogens with one attached hydrogen (secondary N) is 1. The minimum absolute atomic E-state index is 0.00116. The van der Waals surface area contributed by atoms with Crippen LogP contribution in [-0.2, 0) is 14.4 Å². The Balaban J connectivity index is 2.96. The average Bonchev–Trinajstić information content (AvgIpc) is 2.14. The van der Waals surface area contributed by atoms with Crippen molar-refractivity contribution in [1.29, 1.82) is 0 Å². The number of piperazine rings is 1. The minimum atomic E-state index is -5.19. The number of carbonyl (C=O) groups is 3. The fourth-order valence-corrected chi connectivity index (χ4v) is 1.29. The van der Waals surface area contributed by atoms with E-state index in [4.69, 9.17) is 5.11 Å². The van der Waals surface area contributed by atoms with Gasteiger partial charge >= 0.3 is 18.1 Å². The van der Waals surface area contributed by atoms with Gasteiger partial charge in [0.25, 0.3) is 5.91 Å². The molecule has 0 aromatic rings. The maximum Gasteiger partial charge on any atom is 0.471 e. The highest BCUT2D eigenvalue weighted by atomic mass is 19.4. The molecule has 16 heavy (non-hydrogen) atoms. The summed E-state index contributed by atoms with van der Waals surface area (Å²) >= 11 is 0. The lowest BCUT2D eigenvalue weighted by Crippen LogP contribution is -2.62. The zero-order valence-electron chi connectivity index (χ0n) is 7.74. The Kier molecular flexibility index (Phi) is 3.06. The van der Waals surface area contributed by atoms with Gasteiger partial charge in [-0.25, -0.2) is 4.79 Å². The molecule has 2 amide bonds. The van der Waals surface area contributed by atoms with Crippen molar-refractivity contribution in [1.82, 2.24) is 10.2 Å². The van der Waals surface area contributed by atoms with Gasteiger partial charge < -0.3 is 15.3 Å². The van der Waals surface area contributed by atoms with E-state index in [1.807, 2.05) is 0 Å². The number of halogens is 3. The summed E-state index contributed by atoms with van der Waals surface area (Å²) in [5, 5.41) is 10.6. The highest BCUT2D eigenvalue weighted by molar-refractivity contribution is 6.05. The van der Waals surface area contributed by atoms with Gasteiger partial charge in [-0.05, 0) is 0 Å². The van der Waals surface area contributed by atoms with E-state index in [0.29, 0.717) is 0 Å². The van der Waals surface area contributed by atoms with Crippen LogP contribution >= 0.6 is 0 Å². The topological polar surface area (TPSA) is 86.7 Å². The van der Waals surface area contributed by atoms with Crippen molar-refractivity contribution in [2.24, 2.45) is 0 Å². The lowest BCUT2D eigenvalue weighted by atomic mass is 10.1. The highest BCUT2D eigenvalue weighted by Gasteiger charge is 2.49. The largest absolute Gasteiger partial charge is 0.479 e. The number of hydrogen-bond donors (Lipinski definition) is 2. The molecule has 0 radical (unpaired) electrons. The van der Waals surface area contributed by atoms with E-state index in [-0.39, 0.29) is 11.4 Å². The molecule has 1 saturated heterocycles. The quantitative estimate of drug-likeness (QED) is 0.573. The fourth-order valence-electron chi connectivity index (χ4n) is 1.29. The summed E-state index contributed by atoms with van der Waals surface area (Å²) in [6.45, 7) is -0.689. The molecule has 0 saturated carbocycles. The number of amides is 2. The van der Waals surface area contributed by atoms with Crippen LogP contribution in [0.3, 0.4) is 0 Å². The maximum atomic E-state index is 12.1. The fraction of sp³-hybridized carbons (Fsp3) is 0.571. The molecule has 1 fully saturated rings. The van der Waals surface area contributed by atoms with Crippen molar-refractivity contribution in [2.45, 2.75) is 12.2 Å². The summed E-state index contributed by atoms with van der Waals surface area (Å²) < 4.78 is 36.2. The molecule has 0 bridgehead atoms. The molecular weight excluding hydrogens is 233 g/mol. The first-order valence-corrected chi connectivity index (χ1v) is 4.13. The van der Waals surface area contributed by atoms with E-state index in [0.717, 1.165) is 0 Å². The predicted molar refractivity (Wildman–Crippen MR) is 42.2 cm³/mol. The van der Waals surface area contributed by atoms with E-state index in [1.165, 1.54) is 0 Å². The minimum Gasteiger partial charge on any atom is -0.479 e. The van der Waals surface area contributed by atoms with Crippen LogP contribution in [0.5, 0.6) is 0 Å². The maximum absolute atomic E-state index is 12.1. The number of alkyl halides is 3. The highest BCUT2D eigenvalue weighted by Crippen LogP contribution is 2.21.